The number of nitrogens with zero attached hydrogens (tertiary/aromatic N) is 2. The van der Waals surface area contributed by atoms with Crippen LogP contribution < -0.4 is 5.73 Å². The average molecular weight is 223 g/mol. The van der Waals surface area contributed by atoms with Crippen molar-refractivity contribution in [2.75, 3.05) is 11.5 Å². The minimum absolute atomic E-state index is 0.110. The summed E-state index contributed by atoms with van der Waals surface area (Å²) >= 11 is 2.06. The molecule has 1 aliphatic rings. The maximum atomic E-state index is 6.14. The van der Waals surface area contributed by atoms with E-state index >= 15 is 0 Å². The lowest BCUT2D eigenvalue weighted by atomic mass is 9.92. The molecule has 2 N–H and O–H groups in total. The average Bonchev–Trinajstić information content (AvgIpc) is 2.31. The summed E-state index contributed by atoms with van der Waals surface area (Å²) in [4.78, 5) is 8.01. The molecule has 0 bridgehead atoms. The van der Waals surface area contributed by atoms with E-state index in [1.54, 1.807) is 6.33 Å². The van der Waals surface area contributed by atoms with E-state index in [1.807, 2.05) is 12.4 Å². The van der Waals surface area contributed by atoms with E-state index in [1.165, 1.54) is 24.3 Å². The highest BCUT2D eigenvalue weighted by molar-refractivity contribution is 7.99. The second-order valence-corrected chi connectivity index (χ2v) is 5.29. The second kappa shape index (κ2) is 5.47. The zero-order valence-corrected chi connectivity index (χ0v) is 9.62. The van der Waals surface area contributed by atoms with Crippen LogP contribution in [0.25, 0.3) is 0 Å². The van der Waals surface area contributed by atoms with E-state index in [0.29, 0.717) is 0 Å². The second-order valence-electron chi connectivity index (χ2n) is 4.07. The molecular formula is C11H17N3S. The normalized spacial score (nSPS) is 20.1. The molecule has 1 aromatic rings. The van der Waals surface area contributed by atoms with Gasteiger partial charge in [0.1, 0.15) is 6.33 Å². The number of nitrogens with two attached hydrogens (primary N) is 1. The SMILES string of the molecule is NC(CC1CCSCC1)c1cncnc1. The van der Waals surface area contributed by atoms with Crippen molar-refractivity contribution in [2.45, 2.75) is 25.3 Å². The fourth-order valence-electron chi connectivity index (χ4n) is 1.98. The molecule has 2 rings (SSSR count). The molecule has 1 aliphatic heterocycles. The van der Waals surface area contributed by atoms with E-state index < -0.39 is 0 Å². The van der Waals surface area contributed by atoms with Gasteiger partial charge in [0.05, 0.1) is 0 Å². The lowest BCUT2D eigenvalue weighted by Gasteiger charge is -2.24. The molecule has 0 amide bonds. The highest BCUT2D eigenvalue weighted by atomic mass is 32.2. The molecular weight excluding hydrogens is 206 g/mol. The number of hydrogen-bond acceptors (Lipinski definition) is 4. The van der Waals surface area contributed by atoms with Crippen molar-refractivity contribution in [3.63, 3.8) is 0 Å². The van der Waals surface area contributed by atoms with Crippen molar-refractivity contribution in [3.8, 4) is 0 Å². The van der Waals surface area contributed by atoms with E-state index in [4.69, 9.17) is 5.73 Å². The van der Waals surface area contributed by atoms with Gasteiger partial charge in [-0.15, -0.1) is 0 Å². The van der Waals surface area contributed by atoms with Crippen LogP contribution in [0.2, 0.25) is 0 Å². The van der Waals surface area contributed by atoms with Crippen molar-refractivity contribution < 1.29 is 0 Å². The number of aromatic nitrogens is 2. The van der Waals surface area contributed by atoms with Crippen molar-refractivity contribution in [1.29, 1.82) is 0 Å². The van der Waals surface area contributed by atoms with Crippen LogP contribution in [-0.2, 0) is 0 Å². The van der Waals surface area contributed by atoms with Crippen LogP contribution in [0.15, 0.2) is 18.7 Å². The first kappa shape index (κ1) is 10.9. The van der Waals surface area contributed by atoms with Crippen molar-refractivity contribution in [1.82, 2.24) is 9.97 Å². The Bertz CT molecular complexity index is 285. The summed E-state index contributed by atoms with van der Waals surface area (Å²) in [6, 6.07) is 0.110. The third-order valence-electron chi connectivity index (χ3n) is 2.94. The Balaban J connectivity index is 1.88. The standard InChI is InChI=1S/C11H17N3S/c12-11(10-6-13-8-14-7-10)5-9-1-3-15-4-2-9/h6-9,11H,1-5,12H2. The molecule has 15 heavy (non-hydrogen) atoms. The molecule has 1 saturated heterocycles. The highest BCUT2D eigenvalue weighted by Crippen LogP contribution is 2.29. The van der Waals surface area contributed by atoms with Crippen molar-refractivity contribution in [2.24, 2.45) is 11.7 Å². The van der Waals surface area contributed by atoms with Crippen LogP contribution in [0.4, 0.5) is 0 Å². The molecule has 0 aliphatic carbocycles. The number of thioether (sulfide) groups is 1. The Morgan fingerprint density at radius 1 is 1.33 bits per heavy atom. The van der Waals surface area contributed by atoms with Crippen LogP contribution in [0, 0.1) is 5.92 Å². The first-order chi connectivity index (χ1) is 7.36. The molecule has 2 heterocycles. The summed E-state index contributed by atoms with van der Waals surface area (Å²) in [5, 5.41) is 0. The Morgan fingerprint density at radius 2 is 2.00 bits per heavy atom. The molecule has 4 heteroatoms. The van der Waals surface area contributed by atoms with Gasteiger partial charge < -0.3 is 5.73 Å². The van der Waals surface area contributed by atoms with Gasteiger partial charge in [-0.2, -0.15) is 11.8 Å². The van der Waals surface area contributed by atoms with E-state index in [9.17, 15) is 0 Å². The van der Waals surface area contributed by atoms with Gasteiger partial charge in [0, 0.05) is 24.0 Å². The Morgan fingerprint density at radius 3 is 2.67 bits per heavy atom. The maximum Gasteiger partial charge on any atom is 0.115 e. The summed E-state index contributed by atoms with van der Waals surface area (Å²) in [5.41, 5.74) is 7.20. The highest BCUT2D eigenvalue weighted by Gasteiger charge is 2.17. The maximum absolute atomic E-state index is 6.14. The lowest BCUT2D eigenvalue weighted by Crippen LogP contribution is -2.19. The quantitative estimate of drug-likeness (QED) is 0.851. The Labute approximate surface area is 94.9 Å². The van der Waals surface area contributed by atoms with Gasteiger partial charge in [0.25, 0.3) is 0 Å². The smallest absolute Gasteiger partial charge is 0.115 e. The molecule has 1 aromatic heterocycles. The van der Waals surface area contributed by atoms with Gasteiger partial charge in [0.15, 0.2) is 0 Å². The summed E-state index contributed by atoms with van der Waals surface area (Å²) < 4.78 is 0. The van der Waals surface area contributed by atoms with E-state index in [2.05, 4.69) is 21.7 Å². The van der Waals surface area contributed by atoms with Crippen LogP contribution in [0.1, 0.15) is 30.9 Å². The summed E-state index contributed by atoms with van der Waals surface area (Å²) in [6.07, 6.45) is 8.91. The third-order valence-corrected chi connectivity index (χ3v) is 3.99. The summed E-state index contributed by atoms with van der Waals surface area (Å²) in [5.74, 6) is 3.38. The molecule has 1 fully saturated rings. The molecule has 1 atom stereocenters. The van der Waals surface area contributed by atoms with Gasteiger partial charge in [0.2, 0.25) is 0 Å². The summed E-state index contributed by atoms with van der Waals surface area (Å²) in [7, 11) is 0. The zero-order chi connectivity index (χ0) is 10.5. The van der Waals surface area contributed by atoms with E-state index in [0.717, 1.165) is 17.9 Å². The molecule has 0 radical (unpaired) electrons. The number of rotatable bonds is 3. The topological polar surface area (TPSA) is 51.8 Å². The van der Waals surface area contributed by atoms with Gasteiger partial charge in [-0.05, 0) is 36.7 Å². The van der Waals surface area contributed by atoms with Gasteiger partial charge in [-0.1, -0.05) is 0 Å². The minimum Gasteiger partial charge on any atom is -0.324 e. The van der Waals surface area contributed by atoms with Crippen LogP contribution in [0.5, 0.6) is 0 Å². The minimum atomic E-state index is 0.110. The van der Waals surface area contributed by atoms with Crippen LogP contribution in [-0.4, -0.2) is 21.5 Å². The molecule has 1 unspecified atom stereocenters. The van der Waals surface area contributed by atoms with Gasteiger partial charge in [-0.25, -0.2) is 9.97 Å². The van der Waals surface area contributed by atoms with Crippen LogP contribution >= 0.6 is 11.8 Å². The zero-order valence-electron chi connectivity index (χ0n) is 8.80. The fraction of sp³-hybridized carbons (Fsp3) is 0.636. The molecule has 0 aromatic carbocycles. The molecule has 3 nitrogen and oxygen atoms in total. The van der Waals surface area contributed by atoms with Crippen molar-refractivity contribution >= 4 is 11.8 Å². The Kier molecular flexibility index (Phi) is 3.97. The van der Waals surface area contributed by atoms with Gasteiger partial charge in [-0.3, -0.25) is 0 Å². The first-order valence-electron chi connectivity index (χ1n) is 5.44. The molecule has 82 valence electrons. The monoisotopic (exact) mass is 223 g/mol. The largest absolute Gasteiger partial charge is 0.324 e. The Hall–Kier alpha value is -0.610. The predicted molar refractivity (Wildman–Crippen MR) is 63.6 cm³/mol. The fourth-order valence-corrected chi connectivity index (χ4v) is 3.18. The first-order valence-corrected chi connectivity index (χ1v) is 6.60. The molecule has 0 saturated carbocycles. The third kappa shape index (κ3) is 3.18. The summed E-state index contributed by atoms with van der Waals surface area (Å²) in [6.45, 7) is 0. The van der Waals surface area contributed by atoms with Crippen LogP contribution in [0.3, 0.4) is 0 Å². The van der Waals surface area contributed by atoms with Gasteiger partial charge >= 0.3 is 0 Å². The van der Waals surface area contributed by atoms with Crippen molar-refractivity contribution in [3.05, 3.63) is 24.3 Å². The molecule has 0 spiro atoms. The predicted octanol–water partition coefficient (Wildman–Crippen LogP) is 2.01. The number of hydrogen-bond donors (Lipinski definition) is 1. The lowest BCUT2D eigenvalue weighted by molar-refractivity contribution is 0.412. The van der Waals surface area contributed by atoms with E-state index in [-0.39, 0.29) is 6.04 Å².